The van der Waals surface area contributed by atoms with E-state index in [0.717, 1.165) is 6.20 Å². The Labute approximate surface area is 171 Å². The average molecular weight is 443 g/mol. The Morgan fingerprint density at radius 1 is 1.20 bits per heavy atom. The molecular formula is C18H20F3N5O3S. The van der Waals surface area contributed by atoms with Crippen LogP contribution in [0.15, 0.2) is 30.5 Å². The monoisotopic (exact) mass is 443 g/mol. The van der Waals surface area contributed by atoms with Crippen LogP contribution < -0.4 is 9.46 Å². The number of sulfonamides is 1. The molecule has 30 heavy (non-hydrogen) atoms. The first-order chi connectivity index (χ1) is 14.0. The highest BCUT2D eigenvalue weighted by atomic mass is 32.2. The molecule has 1 unspecified atom stereocenters. The number of nitrogens with zero attached hydrogens (tertiary/aromatic N) is 4. The number of aryl methyl sites for hydroxylation is 1. The normalized spacial score (nSPS) is 13.4. The highest BCUT2D eigenvalue weighted by Crippen LogP contribution is 2.38. The van der Waals surface area contributed by atoms with E-state index in [9.17, 15) is 21.6 Å². The molecule has 2 heterocycles. The van der Waals surface area contributed by atoms with Gasteiger partial charge in [-0.25, -0.2) is 23.4 Å². The van der Waals surface area contributed by atoms with Crippen LogP contribution >= 0.6 is 0 Å². The number of alkyl halides is 3. The molecule has 0 aliphatic rings. The molecule has 0 aliphatic carbocycles. The highest BCUT2D eigenvalue weighted by Gasteiger charge is 2.46. The van der Waals surface area contributed by atoms with Crippen LogP contribution in [0.4, 0.5) is 19.0 Å². The summed E-state index contributed by atoms with van der Waals surface area (Å²) in [6, 6.07) is 6.39. The summed E-state index contributed by atoms with van der Waals surface area (Å²) >= 11 is 0. The molecule has 1 N–H and O–H groups in total. The number of fused-ring (bicyclic) bond motifs is 1. The van der Waals surface area contributed by atoms with Crippen LogP contribution in [-0.2, 0) is 17.1 Å². The fourth-order valence-corrected chi connectivity index (χ4v) is 3.84. The van der Waals surface area contributed by atoms with E-state index in [1.165, 1.54) is 17.7 Å². The Hall–Kier alpha value is -2.89. The van der Waals surface area contributed by atoms with Crippen molar-refractivity contribution in [1.29, 1.82) is 0 Å². The van der Waals surface area contributed by atoms with Gasteiger partial charge < -0.3 is 9.30 Å². The van der Waals surface area contributed by atoms with Crippen molar-refractivity contribution in [2.45, 2.75) is 32.5 Å². The van der Waals surface area contributed by atoms with E-state index in [4.69, 9.17) is 4.74 Å². The van der Waals surface area contributed by atoms with Gasteiger partial charge in [-0.2, -0.15) is 13.2 Å². The van der Waals surface area contributed by atoms with Gasteiger partial charge in [-0.3, -0.25) is 4.72 Å². The van der Waals surface area contributed by atoms with Crippen molar-refractivity contribution < 1.29 is 26.3 Å². The lowest BCUT2D eigenvalue weighted by atomic mass is 10.2. The Morgan fingerprint density at radius 2 is 1.83 bits per heavy atom. The molecule has 3 rings (SSSR count). The standard InChI is InChI=1S/C18H20F3N5O3S/c1-4-9-30(27,28)25-16-17(24-13-8-6-5-7-12(13)23-16)29-15(18(19,20)21)14-10-22-11(2)26(14)3/h5-8,10,15H,4,9H2,1-3H3,(H,23,25). The molecule has 2 aromatic heterocycles. The van der Waals surface area contributed by atoms with Gasteiger partial charge in [0.05, 0.1) is 28.7 Å². The van der Waals surface area contributed by atoms with Crippen LogP contribution in [0.1, 0.15) is 31.0 Å². The van der Waals surface area contributed by atoms with Gasteiger partial charge in [0.1, 0.15) is 5.82 Å². The number of aromatic nitrogens is 4. The third-order valence-electron chi connectivity index (χ3n) is 4.32. The first kappa shape index (κ1) is 21.8. The maximum absolute atomic E-state index is 13.8. The van der Waals surface area contributed by atoms with Gasteiger partial charge in [0.25, 0.3) is 5.88 Å². The summed E-state index contributed by atoms with van der Waals surface area (Å²) in [4.78, 5) is 12.1. The van der Waals surface area contributed by atoms with Crippen molar-refractivity contribution in [2.24, 2.45) is 7.05 Å². The maximum atomic E-state index is 13.8. The average Bonchev–Trinajstić information content (AvgIpc) is 2.97. The molecule has 0 saturated heterocycles. The summed E-state index contributed by atoms with van der Waals surface area (Å²) in [5.74, 6) is -0.855. The van der Waals surface area contributed by atoms with Crippen LogP contribution in [0.25, 0.3) is 11.0 Å². The van der Waals surface area contributed by atoms with E-state index >= 15 is 0 Å². The van der Waals surface area contributed by atoms with Crippen LogP contribution in [-0.4, -0.2) is 39.9 Å². The molecule has 1 atom stereocenters. The fourth-order valence-electron chi connectivity index (χ4n) is 2.77. The van der Waals surface area contributed by atoms with Crippen molar-refractivity contribution in [2.75, 3.05) is 10.5 Å². The van der Waals surface area contributed by atoms with Crippen LogP contribution in [0.2, 0.25) is 0 Å². The minimum Gasteiger partial charge on any atom is -0.455 e. The van der Waals surface area contributed by atoms with Crippen molar-refractivity contribution >= 4 is 26.9 Å². The molecule has 0 saturated carbocycles. The number of hydrogen-bond acceptors (Lipinski definition) is 6. The van der Waals surface area contributed by atoms with Gasteiger partial charge in [0.2, 0.25) is 21.9 Å². The number of ether oxygens (including phenoxy) is 1. The zero-order valence-corrected chi connectivity index (χ0v) is 17.3. The summed E-state index contributed by atoms with van der Waals surface area (Å²) in [7, 11) is -2.42. The van der Waals surface area contributed by atoms with Crippen LogP contribution in [0.5, 0.6) is 5.88 Å². The lowest BCUT2D eigenvalue weighted by molar-refractivity contribution is -0.200. The Bertz CT molecular complexity index is 1160. The summed E-state index contributed by atoms with van der Waals surface area (Å²) in [6.45, 7) is 3.21. The van der Waals surface area contributed by atoms with Gasteiger partial charge in [0.15, 0.2) is 0 Å². The van der Waals surface area contributed by atoms with Gasteiger partial charge in [-0.1, -0.05) is 19.1 Å². The quantitative estimate of drug-likeness (QED) is 0.600. The topological polar surface area (TPSA) is 99.0 Å². The number of benzene rings is 1. The molecule has 0 spiro atoms. The van der Waals surface area contributed by atoms with E-state index in [1.54, 1.807) is 32.0 Å². The lowest BCUT2D eigenvalue weighted by Gasteiger charge is -2.23. The predicted octanol–water partition coefficient (Wildman–Crippen LogP) is 3.51. The number of rotatable bonds is 7. The Balaban J connectivity index is 2.12. The number of anilines is 1. The van der Waals surface area contributed by atoms with Crippen molar-refractivity contribution in [3.8, 4) is 5.88 Å². The van der Waals surface area contributed by atoms with Crippen LogP contribution in [0.3, 0.4) is 0 Å². The number of halogens is 3. The van der Waals surface area contributed by atoms with Crippen LogP contribution in [0, 0.1) is 6.92 Å². The number of imidazole rings is 1. The minimum atomic E-state index is -4.81. The van der Waals surface area contributed by atoms with E-state index < -0.39 is 34.0 Å². The van der Waals surface area contributed by atoms with Crippen molar-refractivity contribution in [3.63, 3.8) is 0 Å². The molecule has 0 amide bonds. The summed E-state index contributed by atoms with van der Waals surface area (Å²) < 4.78 is 74.6. The fraction of sp³-hybridized carbons (Fsp3) is 0.389. The zero-order valence-electron chi connectivity index (χ0n) is 16.4. The lowest BCUT2D eigenvalue weighted by Crippen LogP contribution is -2.29. The van der Waals surface area contributed by atoms with E-state index in [2.05, 4.69) is 19.7 Å². The third kappa shape index (κ3) is 4.64. The molecule has 1 aromatic carbocycles. The second-order valence-electron chi connectivity index (χ2n) is 6.62. The van der Waals surface area contributed by atoms with E-state index in [1.807, 2.05) is 0 Å². The van der Waals surface area contributed by atoms with Crippen molar-refractivity contribution in [1.82, 2.24) is 19.5 Å². The molecule has 3 aromatic rings. The van der Waals surface area contributed by atoms with Gasteiger partial charge in [-0.15, -0.1) is 0 Å². The van der Waals surface area contributed by atoms with Gasteiger partial charge in [-0.05, 0) is 25.5 Å². The molecular weight excluding hydrogens is 423 g/mol. The molecule has 12 heteroatoms. The number of nitrogens with one attached hydrogen (secondary N) is 1. The molecule has 0 fully saturated rings. The minimum absolute atomic E-state index is 0.232. The molecule has 8 nitrogen and oxygen atoms in total. The number of hydrogen-bond donors (Lipinski definition) is 1. The second-order valence-corrected chi connectivity index (χ2v) is 8.46. The van der Waals surface area contributed by atoms with Gasteiger partial charge >= 0.3 is 6.18 Å². The second kappa shape index (κ2) is 8.09. The summed E-state index contributed by atoms with van der Waals surface area (Å²) in [5, 5.41) is 0. The SMILES string of the molecule is CCCS(=O)(=O)Nc1nc2ccccc2nc1OC(c1cnc(C)n1C)C(F)(F)F. The first-order valence-electron chi connectivity index (χ1n) is 9.00. The summed E-state index contributed by atoms with van der Waals surface area (Å²) in [6.07, 6.45) is -5.87. The number of para-hydroxylation sites is 2. The molecule has 0 radical (unpaired) electrons. The molecule has 0 aliphatic heterocycles. The maximum Gasteiger partial charge on any atom is 0.431 e. The predicted molar refractivity (Wildman–Crippen MR) is 105 cm³/mol. The van der Waals surface area contributed by atoms with Crippen molar-refractivity contribution in [3.05, 3.63) is 42.0 Å². The first-order valence-corrected chi connectivity index (χ1v) is 10.7. The third-order valence-corrected chi connectivity index (χ3v) is 5.77. The van der Waals surface area contributed by atoms with E-state index in [-0.39, 0.29) is 17.0 Å². The molecule has 162 valence electrons. The Morgan fingerprint density at radius 3 is 2.37 bits per heavy atom. The molecule has 0 bridgehead atoms. The Kier molecular flexibility index (Phi) is 5.88. The largest absolute Gasteiger partial charge is 0.455 e. The van der Waals surface area contributed by atoms with E-state index in [0.29, 0.717) is 17.8 Å². The summed E-state index contributed by atoms with van der Waals surface area (Å²) in [5.41, 5.74) is 0.310. The zero-order chi connectivity index (χ0) is 22.1. The smallest absolute Gasteiger partial charge is 0.431 e. The highest BCUT2D eigenvalue weighted by molar-refractivity contribution is 7.92. The van der Waals surface area contributed by atoms with Gasteiger partial charge in [0, 0.05) is 7.05 Å².